The number of rotatable bonds is 4. The number of carbonyl (C=O) groups excluding carboxylic acids is 2. The summed E-state index contributed by atoms with van der Waals surface area (Å²) in [5.74, 6) is -1.17. The average Bonchev–Trinajstić information content (AvgIpc) is 3.08. The molecule has 7 nitrogen and oxygen atoms in total. The second-order valence-corrected chi connectivity index (χ2v) is 7.30. The Balaban J connectivity index is 1.44. The van der Waals surface area contributed by atoms with Crippen molar-refractivity contribution in [1.29, 1.82) is 0 Å². The van der Waals surface area contributed by atoms with Gasteiger partial charge < -0.3 is 4.74 Å². The number of nitrogens with one attached hydrogen (secondary N) is 1. The molecule has 2 aromatic heterocycles. The molecule has 140 valence electrons. The van der Waals surface area contributed by atoms with Crippen LogP contribution < -0.4 is 5.32 Å². The maximum Gasteiger partial charge on any atom is 0.359 e. The van der Waals surface area contributed by atoms with Gasteiger partial charge in [-0.05, 0) is 43.7 Å². The minimum atomic E-state index is -1.01. The van der Waals surface area contributed by atoms with Crippen LogP contribution in [0.1, 0.15) is 23.0 Å². The van der Waals surface area contributed by atoms with Gasteiger partial charge in [0.15, 0.2) is 16.9 Å². The smallest absolute Gasteiger partial charge is 0.359 e. The Morgan fingerprint density at radius 2 is 1.86 bits per heavy atom. The number of nitrogens with zero attached hydrogens (tertiary/aromatic N) is 3. The molecule has 0 saturated heterocycles. The summed E-state index contributed by atoms with van der Waals surface area (Å²) in [6.07, 6.45) is 0.333. The fourth-order valence-electron chi connectivity index (χ4n) is 2.62. The van der Waals surface area contributed by atoms with E-state index in [1.54, 1.807) is 12.1 Å². The summed E-state index contributed by atoms with van der Waals surface area (Å²) in [4.78, 5) is 37.5. The van der Waals surface area contributed by atoms with Gasteiger partial charge in [-0.3, -0.25) is 15.1 Å². The van der Waals surface area contributed by atoms with Crippen LogP contribution in [0.25, 0.3) is 21.3 Å². The molecule has 1 N–H and O–H groups in total. The van der Waals surface area contributed by atoms with E-state index in [2.05, 4.69) is 20.3 Å². The zero-order valence-corrected chi connectivity index (χ0v) is 16.0. The molecular weight excluding hydrogens is 376 g/mol. The first-order valence-corrected chi connectivity index (χ1v) is 9.42. The molecule has 28 heavy (non-hydrogen) atoms. The van der Waals surface area contributed by atoms with Crippen molar-refractivity contribution in [2.75, 3.05) is 5.32 Å². The summed E-state index contributed by atoms with van der Waals surface area (Å²) in [5.41, 5.74) is 3.23. The molecule has 0 bridgehead atoms. The molecule has 2 aromatic carbocycles. The van der Waals surface area contributed by atoms with Crippen LogP contribution in [0.3, 0.4) is 0 Å². The Bertz CT molecular complexity index is 1200. The van der Waals surface area contributed by atoms with Gasteiger partial charge in [-0.2, -0.15) is 0 Å². The highest BCUT2D eigenvalue weighted by Gasteiger charge is 2.21. The lowest BCUT2D eigenvalue weighted by atomic mass is 10.2. The molecule has 0 spiro atoms. The third-order valence-corrected chi connectivity index (χ3v) is 5.02. The van der Waals surface area contributed by atoms with E-state index in [4.69, 9.17) is 4.74 Å². The third kappa shape index (κ3) is 3.67. The van der Waals surface area contributed by atoms with Gasteiger partial charge in [-0.1, -0.05) is 29.5 Å². The first kappa shape index (κ1) is 18.0. The summed E-state index contributed by atoms with van der Waals surface area (Å²) in [5, 5.41) is 3.15. The second-order valence-electron chi connectivity index (χ2n) is 6.27. The van der Waals surface area contributed by atoms with Gasteiger partial charge >= 0.3 is 5.97 Å². The topological polar surface area (TPSA) is 94.1 Å². The minimum absolute atomic E-state index is 0.0498. The van der Waals surface area contributed by atoms with Crippen LogP contribution in [0, 0.1) is 6.92 Å². The maximum absolute atomic E-state index is 12.4. The molecule has 8 heteroatoms. The number of hydrogen-bond acceptors (Lipinski definition) is 7. The number of hydrogen-bond donors (Lipinski definition) is 1. The van der Waals surface area contributed by atoms with Crippen molar-refractivity contribution in [2.24, 2.45) is 0 Å². The number of anilines is 1. The summed E-state index contributed by atoms with van der Waals surface area (Å²) < 4.78 is 6.21. The van der Waals surface area contributed by atoms with Gasteiger partial charge in [-0.25, -0.2) is 14.8 Å². The molecular formula is C20H16N4O3S. The molecule has 1 amide bonds. The van der Waals surface area contributed by atoms with Gasteiger partial charge in [-0.15, -0.1) is 0 Å². The van der Waals surface area contributed by atoms with Crippen LogP contribution in [0.2, 0.25) is 0 Å². The molecule has 0 aliphatic rings. The first-order valence-electron chi connectivity index (χ1n) is 8.60. The SMILES string of the molecule is Cc1ccc2nc(NC(=O)C(C)OC(=O)c3cnc4ccccc4n3)sc2c1. The highest BCUT2D eigenvalue weighted by Crippen LogP contribution is 2.26. The number of benzene rings is 2. The van der Waals surface area contributed by atoms with Crippen molar-refractivity contribution in [3.05, 3.63) is 59.9 Å². The third-order valence-electron chi connectivity index (χ3n) is 4.08. The Morgan fingerprint density at radius 3 is 2.68 bits per heavy atom. The van der Waals surface area contributed by atoms with Crippen LogP contribution in [0.4, 0.5) is 5.13 Å². The molecule has 2 heterocycles. The van der Waals surface area contributed by atoms with Crippen LogP contribution >= 0.6 is 11.3 Å². The van der Waals surface area contributed by atoms with E-state index in [1.807, 2.05) is 37.3 Å². The van der Waals surface area contributed by atoms with Gasteiger partial charge in [0, 0.05) is 0 Å². The fraction of sp³-hybridized carbons (Fsp3) is 0.150. The normalized spacial score (nSPS) is 12.1. The first-order chi connectivity index (χ1) is 13.5. The van der Waals surface area contributed by atoms with Crippen LogP contribution in [-0.4, -0.2) is 32.9 Å². The van der Waals surface area contributed by atoms with Crippen molar-refractivity contribution in [1.82, 2.24) is 15.0 Å². The van der Waals surface area contributed by atoms with Gasteiger partial charge in [0.1, 0.15) is 0 Å². The molecule has 0 fully saturated rings. The van der Waals surface area contributed by atoms with E-state index in [0.29, 0.717) is 16.2 Å². The van der Waals surface area contributed by atoms with E-state index in [-0.39, 0.29) is 5.69 Å². The number of thiazole rings is 1. The highest BCUT2D eigenvalue weighted by atomic mass is 32.1. The summed E-state index contributed by atoms with van der Waals surface area (Å²) in [6.45, 7) is 3.49. The van der Waals surface area contributed by atoms with E-state index in [0.717, 1.165) is 15.8 Å². The van der Waals surface area contributed by atoms with Gasteiger partial charge in [0.2, 0.25) is 0 Å². The number of aromatic nitrogens is 3. The molecule has 4 rings (SSSR count). The van der Waals surface area contributed by atoms with E-state index in [1.165, 1.54) is 24.5 Å². The van der Waals surface area contributed by atoms with Crippen molar-refractivity contribution >= 4 is 49.6 Å². The monoisotopic (exact) mass is 392 g/mol. The predicted octanol–water partition coefficient (Wildman–Crippen LogP) is 3.73. The molecule has 0 aliphatic carbocycles. The lowest BCUT2D eigenvalue weighted by Gasteiger charge is -2.12. The summed E-state index contributed by atoms with van der Waals surface area (Å²) in [6, 6.07) is 13.1. The predicted molar refractivity (Wildman–Crippen MR) is 107 cm³/mol. The largest absolute Gasteiger partial charge is 0.448 e. The number of amides is 1. The maximum atomic E-state index is 12.4. The van der Waals surface area contributed by atoms with Crippen LogP contribution in [0.15, 0.2) is 48.7 Å². The Kier molecular flexibility index (Phi) is 4.70. The lowest BCUT2D eigenvalue weighted by Crippen LogP contribution is -2.30. The van der Waals surface area contributed by atoms with Gasteiger partial charge in [0.25, 0.3) is 5.91 Å². The van der Waals surface area contributed by atoms with Crippen molar-refractivity contribution in [3.8, 4) is 0 Å². The average molecular weight is 392 g/mol. The molecule has 0 radical (unpaired) electrons. The van der Waals surface area contributed by atoms with E-state index in [9.17, 15) is 9.59 Å². The summed E-state index contributed by atoms with van der Waals surface area (Å²) in [7, 11) is 0. The van der Waals surface area contributed by atoms with Crippen molar-refractivity contribution in [2.45, 2.75) is 20.0 Å². The van der Waals surface area contributed by atoms with Crippen molar-refractivity contribution in [3.63, 3.8) is 0 Å². The molecule has 0 saturated carbocycles. The molecule has 1 atom stereocenters. The molecule has 0 aliphatic heterocycles. The quantitative estimate of drug-likeness (QED) is 0.532. The number of para-hydroxylation sites is 2. The fourth-order valence-corrected chi connectivity index (χ4v) is 3.59. The standard InChI is InChI=1S/C20H16N4O3S/c1-11-7-8-15-17(9-11)28-20(23-15)24-18(25)12(2)27-19(26)16-10-21-13-5-3-4-6-14(13)22-16/h3-10,12H,1-2H3,(H,23,24,25). The number of esters is 1. The minimum Gasteiger partial charge on any atom is -0.448 e. The second kappa shape index (κ2) is 7.32. The van der Waals surface area contributed by atoms with Crippen molar-refractivity contribution < 1.29 is 14.3 Å². The number of fused-ring (bicyclic) bond motifs is 2. The Hall–Kier alpha value is -3.39. The highest BCUT2D eigenvalue weighted by molar-refractivity contribution is 7.22. The van der Waals surface area contributed by atoms with Crippen LogP contribution in [0.5, 0.6) is 0 Å². The Labute approximate surface area is 164 Å². The lowest BCUT2D eigenvalue weighted by molar-refractivity contribution is -0.123. The zero-order chi connectivity index (χ0) is 19.7. The molecule has 4 aromatic rings. The molecule has 1 unspecified atom stereocenters. The van der Waals surface area contributed by atoms with E-state index >= 15 is 0 Å². The van der Waals surface area contributed by atoms with Gasteiger partial charge in [0.05, 0.1) is 27.4 Å². The number of aryl methyl sites for hydroxylation is 1. The van der Waals surface area contributed by atoms with Crippen LogP contribution in [-0.2, 0) is 9.53 Å². The Morgan fingerprint density at radius 1 is 1.07 bits per heavy atom. The number of ether oxygens (including phenoxy) is 1. The number of carbonyl (C=O) groups is 2. The van der Waals surface area contributed by atoms with E-state index < -0.39 is 18.0 Å². The summed E-state index contributed by atoms with van der Waals surface area (Å²) >= 11 is 1.37. The zero-order valence-electron chi connectivity index (χ0n) is 15.2.